The van der Waals surface area contributed by atoms with Gasteiger partial charge in [-0.1, -0.05) is 12.1 Å². The molecule has 0 saturated heterocycles. The molecule has 3 aromatic rings. The molecule has 0 unspecified atom stereocenters. The summed E-state index contributed by atoms with van der Waals surface area (Å²) in [5.41, 5.74) is 3.79. The molecule has 2 heterocycles. The van der Waals surface area contributed by atoms with Gasteiger partial charge >= 0.3 is 0 Å². The van der Waals surface area contributed by atoms with Crippen LogP contribution in [0.5, 0.6) is 0 Å². The molecule has 0 aliphatic carbocycles. The Bertz CT molecular complexity index is 946. The van der Waals surface area contributed by atoms with Gasteiger partial charge in [-0.2, -0.15) is 0 Å². The molecule has 5 heteroatoms. The number of nitrogens with one attached hydrogen (secondary N) is 2. The van der Waals surface area contributed by atoms with Crippen LogP contribution in [0.4, 0.5) is 8.78 Å². The van der Waals surface area contributed by atoms with Gasteiger partial charge in [0.25, 0.3) is 5.91 Å². The maximum Gasteiger partial charge on any atom is 0.253 e. The van der Waals surface area contributed by atoms with Crippen molar-refractivity contribution in [2.75, 3.05) is 6.54 Å². The van der Waals surface area contributed by atoms with Gasteiger partial charge in [0.1, 0.15) is 11.6 Å². The van der Waals surface area contributed by atoms with E-state index in [0.717, 1.165) is 23.4 Å². The van der Waals surface area contributed by atoms with Crippen LogP contribution in [0, 0.1) is 11.6 Å². The number of fused-ring (bicyclic) bond motifs is 1. The highest BCUT2D eigenvalue weighted by atomic mass is 19.1. The third-order valence-corrected chi connectivity index (χ3v) is 4.22. The number of aromatic nitrogens is 1. The Morgan fingerprint density at radius 3 is 2.58 bits per heavy atom. The molecule has 120 valence electrons. The van der Waals surface area contributed by atoms with E-state index in [1.165, 1.54) is 18.2 Å². The zero-order chi connectivity index (χ0) is 16.7. The van der Waals surface area contributed by atoms with Crippen LogP contribution in [-0.2, 0) is 6.42 Å². The van der Waals surface area contributed by atoms with E-state index in [4.69, 9.17) is 0 Å². The van der Waals surface area contributed by atoms with Crippen molar-refractivity contribution in [3.63, 3.8) is 0 Å². The minimum absolute atomic E-state index is 0.105. The molecule has 0 radical (unpaired) electrons. The van der Waals surface area contributed by atoms with E-state index in [9.17, 15) is 13.6 Å². The van der Waals surface area contributed by atoms with Gasteiger partial charge in [-0.3, -0.25) is 4.79 Å². The van der Waals surface area contributed by atoms with Gasteiger partial charge < -0.3 is 10.3 Å². The van der Waals surface area contributed by atoms with Crippen molar-refractivity contribution in [3.8, 4) is 22.4 Å². The summed E-state index contributed by atoms with van der Waals surface area (Å²) in [6, 6.07) is 12.3. The normalized spacial score (nSPS) is 13.5. The largest absolute Gasteiger partial charge is 0.358 e. The fourth-order valence-corrected chi connectivity index (χ4v) is 3.02. The molecule has 1 aromatic heterocycles. The van der Waals surface area contributed by atoms with Gasteiger partial charge in [0.2, 0.25) is 0 Å². The Hall–Kier alpha value is -2.95. The minimum Gasteiger partial charge on any atom is -0.358 e. The van der Waals surface area contributed by atoms with Gasteiger partial charge in [-0.25, -0.2) is 8.78 Å². The number of hydrogen-bond acceptors (Lipinski definition) is 1. The molecule has 0 fully saturated rings. The topological polar surface area (TPSA) is 44.9 Å². The highest BCUT2D eigenvalue weighted by Gasteiger charge is 2.20. The first-order valence-corrected chi connectivity index (χ1v) is 7.68. The van der Waals surface area contributed by atoms with Crippen LogP contribution >= 0.6 is 0 Å². The van der Waals surface area contributed by atoms with Gasteiger partial charge in [0.05, 0.1) is 5.56 Å². The predicted octanol–water partition coefficient (Wildman–Crippen LogP) is 3.91. The van der Waals surface area contributed by atoms with Crippen LogP contribution in [-0.4, -0.2) is 17.4 Å². The van der Waals surface area contributed by atoms with Crippen molar-refractivity contribution in [1.29, 1.82) is 0 Å². The first-order chi connectivity index (χ1) is 11.6. The molecular weight excluding hydrogens is 310 g/mol. The summed E-state index contributed by atoms with van der Waals surface area (Å²) in [7, 11) is 0. The number of hydrogen-bond donors (Lipinski definition) is 2. The number of rotatable bonds is 2. The van der Waals surface area contributed by atoms with E-state index < -0.39 is 11.6 Å². The number of amides is 1. The van der Waals surface area contributed by atoms with Gasteiger partial charge in [0.15, 0.2) is 0 Å². The summed E-state index contributed by atoms with van der Waals surface area (Å²) in [4.78, 5) is 15.1. The monoisotopic (exact) mass is 324 g/mol. The van der Waals surface area contributed by atoms with E-state index in [2.05, 4.69) is 10.3 Å². The number of carbonyl (C=O) groups excluding carboxylic acids is 1. The summed E-state index contributed by atoms with van der Waals surface area (Å²) in [5.74, 6) is -0.936. The summed E-state index contributed by atoms with van der Waals surface area (Å²) in [5, 5.41) is 2.79. The van der Waals surface area contributed by atoms with E-state index in [-0.39, 0.29) is 5.91 Å². The molecule has 2 aromatic carbocycles. The third-order valence-electron chi connectivity index (χ3n) is 4.22. The Morgan fingerprint density at radius 2 is 1.79 bits per heavy atom. The molecule has 2 N–H and O–H groups in total. The Labute approximate surface area is 137 Å². The Kier molecular flexibility index (Phi) is 3.41. The lowest BCUT2D eigenvalue weighted by atomic mass is 10.0. The van der Waals surface area contributed by atoms with Crippen molar-refractivity contribution in [3.05, 3.63) is 71.4 Å². The second-order valence-corrected chi connectivity index (χ2v) is 5.79. The summed E-state index contributed by atoms with van der Waals surface area (Å²) in [6.45, 7) is 0.601. The van der Waals surface area contributed by atoms with Crippen molar-refractivity contribution >= 4 is 5.91 Å². The van der Waals surface area contributed by atoms with Crippen molar-refractivity contribution in [1.82, 2.24) is 10.3 Å². The molecule has 1 aliphatic rings. The molecular formula is C19H14F2N2O. The number of H-pyrrole nitrogens is 1. The van der Waals surface area contributed by atoms with Crippen LogP contribution in [0.3, 0.4) is 0 Å². The zero-order valence-corrected chi connectivity index (χ0v) is 12.7. The van der Waals surface area contributed by atoms with E-state index in [1.54, 1.807) is 30.3 Å². The van der Waals surface area contributed by atoms with E-state index >= 15 is 0 Å². The maximum absolute atomic E-state index is 14.2. The number of halogens is 2. The molecule has 24 heavy (non-hydrogen) atoms. The summed E-state index contributed by atoms with van der Waals surface area (Å²) in [6.07, 6.45) is 0.735. The lowest BCUT2D eigenvalue weighted by Crippen LogP contribution is -2.31. The highest BCUT2D eigenvalue weighted by Crippen LogP contribution is 2.30. The van der Waals surface area contributed by atoms with Gasteiger partial charge in [-0.05, 0) is 47.5 Å². The summed E-state index contributed by atoms with van der Waals surface area (Å²) >= 11 is 0. The van der Waals surface area contributed by atoms with Crippen LogP contribution in [0.15, 0.2) is 48.5 Å². The molecule has 0 bridgehead atoms. The molecule has 0 spiro atoms. The number of benzene rings is 2. The van der Waals surface area contributed by atoms with Crippen LogP contribution in [0.2, 0.25) is 0 Å². The lowest BCUT2D eigenvalue weighted by Gasteiger charge is -2.11. The maximum atomic E-state index is 14.2. The fraction of sp³-hybridized carbons (Fsp3) is 0.105. The summed E-state index contributed by atoms with van der Waals surface area (Å²) < 4.78 is 27.6. The molecule has 4 rings (SSSR count). The van der Waals surface area contributed by atoms with E-state index in [1.807, 2.05) is 0 Å². The average molecular weight is 324 g/mol. The van der Waals surface area contributed by atoms with Crippen LogP contribution < -0.4 is 5.32 Å². The Balaban J connectivity index is 1.80. The average Bonchev–Trinajstić information content (AvgIpc) is 3.01. The Morgan fingerprint density at radius 1 is 0.917 bits per heavy atom. The molecule has 0 atom stereocenters. The van der Waals surface area contributed by atoms with E-state index in [0.29, 0.717) is 23.2 Å². The van der Waals surface area contributed by atoms with Gasteiger partial charge in [-0.15, -0.1) is 0 Å². The number of carbonyl (C=O) groups is 1. The molecule has 3 nitrogen and oxygen atoms in total. The quantitative estimate of drug-likeness (QED) is 0.737. The standard InChI is InChI=1S/C19H14F2N2O/c20-13-3-1-2-11(8-13)14-9-12(4-5-16(14)21)18-10-15-17(23-18)6-7-22-19(15)24/h1-5,8-10,23H,6-7H2,(H,22,24). The minimum atomic E-state index is -0.418. The zero-order valence-electron chi connectivity index (χ0n) is 12.7. The van der Waals surface area contributed by atoms with Crippen molar-refractivity contribution < 1.29 is 13.6 Å². The molecule has 0 saturated carbocycles. The SMILES string of the molecule is O=C1NCCc2[nH]c(-c3ccc(F)c(-c4cccc(F)c4)c3)cc21. The first-order valence-electron chi connectivity index (χ1n) is 7.68. The predicted molar refractivity (Wildman–Crippen MR) is 87.6 cm³/mol. The van der Waals surface area contributed by atoms with Crippen molar-refractivity contribution in [2.24, 2.45) is 0 Å². The number of aromatic amines is 1. The van der Waals surface area contributed by atoms with Crippen molar-refractivity contribution in [2.45, 2.75) is 6.42 Å². The van der Waals surface area contributed by atoms with Crippen LogP contribution in [0.25, 0.3) is 22.4 Å². The van der Waals surface area contributed by atoms with Crippen LogP contribution in [0.1, 0.15) is 16.1 Å². The molecule has 1 amide bonds. The van der Waals surface area contributed by atoms with Gasteiger partial charge in [0, 0.05) is 29.9 Å². The smallest absolute Gasteiger partial charge is 0.253 e. The molecule has 1 aliphatic heterocycles. The first kappa shape index (κ1) is 14.6. The lowest BCUT2D eigenvalue weighted by molar-refractivity contribution is 0.0946. The fourth-order valence-electron chi connectivity index (χ4n) is 3.02. The second kappa shape index (κ2) is 5.60. The third kappa shape index (κ3) is 2.48. The highest BCUT2D eigenvalue weighted by molar-refractivity contribution is 5.97. The second-order valence-electron chi connectivity index (χ2n) is 5.79.